The van der Waals surface area contributed by atoms with E-state index in [0.717, 1.165) is 17.7 Å². The van der Waals surface area contributed by atoms with E-state index in [1.54, 1.807) is 19.1 Å². The summed E-state index contributed by atoms with van der Waals surface area (Å²) in [5.41, 5.74) is 1.57. The van der Waals surface area contributed by atoms with Gasteiger partial charge in [0.2, 0.25) is 10.0 Å². The second kappa shape index (κ2) is 8.19. The number of hydrogen-bond acceptors (Lipinski definition) is 5. The monoisotopic (exact) mass is 442 g/mol. The normalized spacial score (nSPS) is 14.4. The molecular formula is C19H23FN2O5S2. The van der Waals surface area contributed by atoms with E-state index in [-0.39, 0.29) is 22.1 Å². The molecule has 0 saturated heterocycles. The highest BCUT2D eigenvalue weighted by Crippen LogP contribution is 2.33. The summed E-state index contributed by atoms with van der Waals surface area (Å²) in [6, 6.07) is 7.96. The predicted molar refractivity (Wildman–Crippen MR) is 110 cm³/mol. The maximum atomic E-state index is 13.6. The zero-order valence-corrected chi connectivity index (χ0v) is 17.8. The van der Waals surface area contributed by atoms with Gasteiger partial charge in [-0.1, -0.05) is 6.92 Å². The van der Waals surface area contributed by atoms with E-state index in [2.05, 4.69) is 4.72 Å². The van der Waals surface area contributed by atoms with Crippen LogP contribution in [0.1, 0.15) is 25.3 Å². The van der Waals surface area contributed by atoms with Crippen LogP contribution in [0.3, 0.4) is 0 Å². The molecule has 0 amide bonds. The van der Waals surface area contributed by atoms with Gasteiger partial charge in [-0.25, -0.2) is 21.2 Å². The van der Waals surface area contributed by atoms with E-state index < -0.39 is 25.9 Å². The summed E-state index contributed by atoms with van der Waals surface area (Å²) in [7, 11) is -6.22. The first kappa shape index (κ1) is 21.4. The number of benzene rings is 2. The van der Waals surface area contributed by atoms with Gasteiger partial charge in [-0.05, 0) is 61.2 Å². The Morgan fingerprint density at radius 1 is 1.14 bits per heavy atom. The molecule has 1 aliphatic heterocycles. The van der Waals surface area contributed by atoms with E-state index in [4.69, 9.17) is 4.74 Å². The molecule has 1 heterocycles. The Kier molecular flexibility index (Phi) is 6.04. The van der Waals surface area contributed by atoms with Gasteiger partial charge in [0.25, 0.3) is 10.0 Å². The lowest BCUT2D eigenvalue weighted by Gasteiger charge is -2.30. The van der Waals surface area contributed by atoms with Crippen molar-refractivity contribution < 1.29 is 26.0 Å². The lowest BCUT2D eigenvalue weighted by atomic mass is 10.0. The molecule has 0 bridgehead atoms. The fourth-order valence-corrected chi connectivity index (χ4v) is 6.21. The zero-order valence-electron chi connectivity index (χ0n) is 16.2. The van der Waals surface area contributed by atoms with E-state index >= 15 is 0 Å². The highest BCUT2D eigenvalue weighted by atomic mass is 32.2. The molecule has 2 aromatic carbocycles. The first-order valence-corrected chi connectivity index (χ1v) is 12.3. The van der Waals surface area contributed by atoms with Crippen molar-refractivity contribution in [2.75, 3.05) is 28.4 Å². The van der Waals surface area contributed by atoms with Gasteiger partial charge in [-0.3, -0.25) is 9.03 Å². The van der Waals surface area contributed by atoms with Crippen LogP contribution in [0.2, 0.25) is 0 Å². The van der Waals surface area contributed by atoms with E-state index in [1.807, 2.05) is 0 Å². The van der Waals surface area contributed by atoms with Crippen molar-refractivity contribution in [1.29, 1.82) is 0 Å². The molecule has 3 rings (SSSR count). The number of fused-ring (bicyclic) bond motifs is 1. The van der Waals surface area contributed by atoms with Crippen LogP contribution >= 0.6 is 0 Å². The number of methoxy groups -OCH3 is 1. The highest BCUT2D eigenvalue weighted by Gasteiger charge is 2.27. The largest absolute Gasteiger partial charge is 0.495 e. The molecule has 0 spiro atoms. The van der Waals surface area contributed by atoms with Crippen LogP contribution in [0.5, 0.6) is 5.75 Å². The van der Waals surface area contributed by atoms with Crippen molar-refractivity contribution in [3.8, 4) is 5.75 Å². The van der Waals surface area contributed by atoms with Crippen molar-refractivity contribution in [2.45, 2.75) is 31.1 Å². The Hall–Kier alpha value is -2.33. The molecule has 0 aromatic heterocycles. The summed E-state index contributed by atoms with van der Waals surface area (Å²) < 4.78 is 73.0. The van der Waals surface area contributed by atoms with Gasteiger partial charge in [0, 0.05) is 12.2 Å². The molecule has 158 valence electrons. The van der Waals surface area contributed by atoms with Gasteiger partial charge < -0.3 is 4.74 Å². The van der Waals surface area contributed by atoms with Gasteiger partial charge in [0.05, 0.1) is 18.6 Å². The smallest absolute Gasteiger partial charge is 0.265 e. The van der Waals surface area contributed by atoms with Crippen LogP contribution < -0.4 is 13.8 Å². The van der Waals surface area contributed by atoms with Crippen LogP contribution in [-0.4, -0.2) is 36.2 Å². The van der Waals surface area contributed by atoms with E-state index in [9.17, 15) is 21.2 Å². The molecule has 0 aliphatic carbocycles. The third kappa shape index (κ3) is 4.48. The number of ether oxygens (including phenoxy) is 1. The van der Waals surface area contributed by atoms with Gasteiger partial charge in [-0.15, -0.1) is 0 Å². The van der Waals surface area contributed by atoms with Crippen molar-refractivity contribution in [2.24, 2.45) is 0 Å². The minimum atomic E-state index is -4.10. The zero-order chi connectivity index (χ0) is 21.2. The number of anilines is 2. The SMILES string of the molecule is CCCS(=O)(=O)N1CCCc2cc(NS(=O)(=O)c3cc(F)ccc3OC)ccc21. The maximum Gasteiger partial charge on any atom is 0.265 e. The van der Waals surface area contributed by atoms with Gasteiger partial charge in [0.15, 0.2) is 0 Å². The summed E-state index contributed by atoms with van der Waals surface area (Å²) in [5, 5.41) is 0. The lowest BCUT2D eigenvalue weighted by Crippen LogP contribution is -2.37. The molecule has 0 radical (unpaired) electrons. The fourth-order valence-electron chi connectivity index (χ4n) is 3.35. The fraction of sp³-hybridized carbons (Fsp3) is 0.368. The summed E-state index contributed by atoms with van der Waals surface area (Å²) >= 11 is 0. The number of sulfonamides is 2. The van der Waals surface area contributed by atoms with E-state index in [1.165, 1.54) is 23.5 Å². The van der Waals surface area contributed by atoms with Crippen LogP contribution in [0, 0.1) is 5.82 Å². The van der Waals surface area contributed by atoms with E-state index in [0.29, 0.717) is 31.5 Å². The summed E-state index contributed by atoms with van der Waals surface area (Å²) in [6.07, 6.45) is 1.79. The van der Waals surface area contributed by atoms with Crippen molar-refractivity contribution >= 4 is 31.4 Å². The minimum absolute atomic E-state index is 0.0219. The molecule has 1 N–H and O–H groups in total. The number of nitrogens with zero attached hydrogens (tertiary/aromatic N) is 1. The molecule has 0 unspecified atom stereocenters. The number of hydrogen-bond donors (Lipinski definition) is 1. The molecule has 7 nitrogen and oxygen atoms in total. The lowest BCUT2D eigenvalue weighted by molar-refractivity contribution is 0.401. The van der Waals surface area contributed by atoms with Crippen molar-refractivity contribution in [3.63, 3.8) is 0 Å². The second-order valence-electron chi connectivity index (χ2n) is 6.74. The minimum Gasteiger partial charge on any atom is -0.495 e. The Morgan fingerprint density at radius 3 is 2.59 bits per heavy atom. The molecule has 0 atom stereocenters. The highest BCUT2D eigenvalue weighted by molar-refractivity contribution is 7.93. The predicted octanol–water partition coefficient (Wildman–Crippen LogP) is 3.13. The third-order valence-corrected chi connectivity index (χ3v) is 8.00. The van der Waals surface area contributed by atoms with Crippen molar-refractivity contribution in [1.82, 2.24) is 0 Å². The average Bonchev–Trinajstić information content (AvgIpc) is 2.67. The first-order chi connectivity index (χ1) is 13.7. The maximum absolute atomic E-state index is 13.6. The van der Waals surface area contributed by atoms with Gasteiger partial charge >= 0.3 is 0 Å². The number of aryl methyl sites for hydroxylation is 1. The third-order valence-electron chi connectivity index (χ3n) is 4.62. The Balaban J connectivity index is 1.94. The van der Waals surface area contributed by atoms with Crippen molar-refractivity contribution in [3.05, 3.63) is 47.8 Å². The topological polar surface area (TPSA) is 92.8 Å². The molecule has 10 heteroatoms. The first-order valence-electron chi connectivity index (χ1n) is 9.17. The van der Waals surface area contributed by atoms with Gasteiger partial charge in [-0.2, -0.15) is 0 Å². The quantitative estimate of drug-likeness (QED) is 0.711. The van der Waals surface area contributed by atoms with Crippen LogP contribution in [0.15, 0.2) is 41.3 Å². The molecule has 29 heavy (non-hydrogen) atoms. The Labute approximate surface area is 170 Å². The summed E-state index contributed by atoms with van der Waals surface area (Å²) in [5.74, 6) is -0.623. The standard InChI is InChI=1S/C19H23FN2O5S2/c1-3-11-28(23,24)22-10-4-5-14-12-16(7-8-17(14)22)21-29(25,26)19-13-15(20)6-9-18(19)27-2/h6-9,12-13,21H,3-5,10-11H2,1-2H3. The molecule has 0 saturated carbocycles. The van der Waals surface area contributed by atoms with Gasteiger partial charge in [0.1, 0.15) is 16.5 Å². The molecule has 1 aliphatic rings. The Bertz CT molecular complexity index is 1120. The molecule has 2 aromatic rings. The number of rotatable bonds is 7. The number of halogens is 1. The number of nitrogens with one attached hydrogen (secondary N) is 1. The van der Waals surface area contributed by atoms with Crippen LogP contribution in [0.25, 0.3) is 0 Å². The molecule has 0 fully saturated rings. The Morgan fingerprint density at radius 2 is 1.90 bits per heavy atom. The average molecular weight is 443 g/mol. The summed E-state index contributed by atoms with van der Waals surface area (Å²) in [4.78, 5) is -0.315. The molecular weight excluding hydrogens is 419 g/mol. The van der Waals surface area contributed by atoms with Crippen LogP contribution in [-0.2, 0) is 26.5 Å². The second-order valence-corrected chi connectivity index (χ2v) is 10.4. The van der Waals surface area contributed by atoms with Crippen LogP contribution in [0.4, 0.5) is 15.8 Å². The summed E-state index contributed by atoms with van der Waals surface area (Å²) in [6.45, 7) is 2.21.